The summed E-state index contributed by atoms with van der Waals surface area (Å²) in [6.07, 6.45) is 0.706. The molecule has 0 radical (unpaired) electrons. The molecule has 1 heterocycles. The molecule has 1 unspecified atom stereocenters. The number of carbonyl (C=O) groups is 1. The third-order valence-corrected chi connectivity index (χ3v) is 3.88. The predicted molar refractivity (Wildman–Crippen MR) is 79.3 cm³/mol. The number of fused-ring (bicyclic) bond motifs is 1. The number of methoxy groups -OCH3 is 1. The van der Waals surface area contributed by atoms with Crippen molar-refractivity contribution >= 4 is 11.6 Å². The first-order valence-electron chi connectivity index (χ1n) is 6.70. The van der Waals surface area contributed by atoms with Crippen molar-refractivity contribution in [2.24, 2.45) is 0 Å². The van der Waals surface area contributed by atoms with Crippen LogP contribution in [0.3, 0.4) is 0 Å². The van der Waals surface area contributed by atoms with E-state index in [0.29, 0.717) is 6.42 Å². The molecular formula is C17H17NO2. The third-order valence-electron chi connectivity index (χ3n) is 3.88. The first-order chi connectivity index (χ1) is 9.72. The lowest BCUT2D eigenvalue weighted by Crippen LogP contribution is -2.24. The Balaban J connectivity index is 2.03. The summed E-state index contributed by atoms with van der Waals surface area (Å²) in [4.78, 5) is 14.2. The van der Waals surface area contributed by atoms with Gasteiger partial charge in [-0.1, -0.05) is 36.4 Å². The minimum Gasteiger partial charge on any atom is -0.496 e. The van der Waals surface area contributed by atoms with Gasteiger partial charge in [-0.05, 0) is 24.1 Å². The second-order valence-corrected chi connectivity index (χ2v) is 5.03. The Labute approximate surface area is 118 Å². The molecular weight excluding hydrogens is 250 g/mol. The van der Waals surface area contributed by atoms with E-state index in [0.717, 1.165) is 22.6 Å². The van der Waals surface area contributed by atoms with Crippen LogP contribution >= 0.6 is 0 Å². The number of hydrogen-bond donors (Lipinski definition) is 0. The molecule has 1 aliphatic rings. The quantitative estimate of drug-likeness (QED) is 0.855. The highest BCUT2D eigenvalue weighted by Crippen LogP contribution is 2.43. The first kappa shape index (κ1) is 12.7. The largest absolute Gasteiger partial charge is 0.496 e. The Hall–Kier alpha value is -2.29. The lowest BCUT2D eigenvalue weighted by Gasteiger charge is -2.12. The summed E-state index contributed by atoms with van der Waals surface area (Å²) in [5, 5.41) is 0. The van der Waals surface area contributed by atoms with Crippen LogP contribution in [-0.2, 0) is 11.2 Å². The Morgan fingerprint density at radius 1 is 1.10 bits per heavy atom. The molecule has 1 aliphatic heterocycles. The molecule has 0 bridgehead atoms. The number of likely N-dealkylation sites (N-methyl/N-ethyl adjacent to an activating group) is 1. The molecule has 1 atom stereocenters. The predicted octanol–water partition coefficient (Wildman–Crippen LogP) is 3.00. The zero-order valence-corrected chi connectivity index (χ0v) is 11.7. The molecule has 102 valence electrons. The van der Waals surface area contributed by atoms with Gasteiger partial charge < -0.3 is 9.64 Å². The number of amides is 1. The standard InChI is InChI=1S/C17H17NO2/c1-18-14-9-6-10-15(20-2)16(14)13(17(18)19)11-12-7-4-3-5-8-12/h3-10,13H,11H2,1-2H3. The highest BCUT2D eigenvalue weighted by Gasteiger charge is 2.37. The van der Waals surface area contributed by atoms with E-state index in [2.05, 4.69) is 12.1 Å². The summed E-state index contributed by atoms with van der Waals surface area (Å²) in [5.74, 6) is 0.767. The van der Waals surface area contributed by atoms with Crippen LogP contribution < -0.4 is 9.64 Å². The molecule has 3 heteroatoms. The van der Waals surface area contributed by atoms with Gasteiger partial charge in [-0.25, -0.2) is 0 Å². The van der Waals surface area contributed by atoms with Crippen LogP contribution in [0.15, 0.2) is 48.5 Å². The van der Waals surface area contributed by atoms with Gasteiger partial charge in [0, 0.05) is 12.6 Å². The molecule has 0 fully saturated rings. The second kappa shape index (κ2) is 5.00. The average molecular weight is 267 g/mol. The van der Waals surface area contributed by atoms with E-state index in [1.807, 2.05) is 43.4 Å². The SMILES string of the molecule is COc1cccc2c1C(Cc1ccccc1)C(=O)N2C. The Morgan fingerprint density at radius 3 is 2.55 bits per heavy atom. The second-order valence-electron chi connectivity index (χ2n) is 5.03. The number of carbonyl (C=O) groups excluding carboxylic acids is 1. The summed E-state index contributed by atoms with van der Waals surface area (Å²) in [6, 6.07) is 15.9. The van der Waals surface area contributed by atoms with Gasteiger partial charge in [-0.3, -0.25) is 4.79 Å². The van der Waals surface area contributed by atoms with Crippen molar-refractivity contribution in [3.8, 4) is 5.75 Å². The summed E-state index contributed by atoms with van der Waals surface area (Å²) in [6.45, 7) is 0. The van der Waals surface area contributed by atoms with Crippen LogP contribution in [0.5, 0.6) is 5.75 Å². The van der Waals surface area contributed by atoms with Crippen LogP contribution in [0.2, 0.25) is 0 Å². The molecule has 0 N–H and O–H groups in total. The molecule has 1 amide bonds. The maximum atomic E-state index is 12.5. The van der Waals surface area contributed by atoms with Gasteiger partial charge >= 0.3 is 0 Å². The minimum atomic E-state index is -0.159. The van der Waals surface area contributed by atoms with Crippen LogP contribution in [-0.4, -0.2) is 20.1 Å². The third kappa shape index (κ3) is 1.95. The number of rotatable bonds is 3. The maximum absolute atomic E-state index is 12.5. The van der Waals surface area contributed by atoms with E-state index >= 15 is 0 Å². The topological polar surface area (TPSA) is 29.5 Å². The highest BCUT2D eigenvalue weighted by molar-refractivity contribution is 6.05. The van der Waals surface area contributed by atoms with Crippen LogP contribution in [0.1, 0.15) is 17.0 Å². The average Bonchev–Trinajstić information content (AvgIpc) is 2.74. The van der Waals surface area contributed by atoms with Crippen molar-refractivity contribution in [2.45, 2.75) is 12.3 Å². The van der Waals surface area contributed by atoms with Crippen molar-refractivity contribution < 1.29 is 9.53 Å². The van der Waals surface area contributed by atoms with E-state index in [1.165, 1.54) is 0 Å². The number of nitrogens with zero attached hydrogens (tertiary/aromatic N) is 1. The van der Waals surface area contributed by atoms with E-state index in [9.17, 15) is 4.79 Å². The molecule has 0 aliphatic carbocycles. The zero-order chi connectivity index (χ0) is 14.1. The van der Waals surface area contributed by atoms with Gasteiger partial charge in [0.1, 0.15) is 5.75 Å². The fourth-order valence-corrected chi connectivity index (χ4v) is 2.87. The van der Waals surface area contributed by atoms with Gasteiger partial charge in [0.15, 0.2) is 0 Å². The number of hydrogen-bond acceptors (Lipinski definition) is 2. The van der Waals surface area contributed by atoms with Crippen molar-refractivity contribution in [3.05, 3.63) is 59.7 Å². The van der Waals surface area contributed by atoms with Gasteiger partial charge in [-0.2, -0.15) is 0 Å². The van der Waals surface area contributed by atoms with Crippen LogP contribution in [0.4, 0.5) is 5.69 Å². The molecule has 0 saturated carbocycles. The fourth-order valence-electron chi connectivity index (χ4n) is 2.87. The van der Waals surface area contributed by atoms with Crippen molar-refractivity contribution in [1.29, 1.82) is 0 Å². The van der Waals surface area contributed by atoms with E-state index in [4.69, 9.17) is 4.74 Å². The molecule has 20 heavy (non-hydrogen) atoms. The molecule has 0 aromatic heterocycles. The molecule has 2 aromatic rings. The summed E-state index contributed by atoms with van der Waals surface area (Å²) in [5.41, 5.74) is 3.12. The van der Waals surface area contributed by atoms with Crippen molar-refractivity contribution in [2.75, 3.05) is 19.1 Å². The highest BCUT2D eigenvalue weighted by atomic mass is 16.5. The smallest absolute Gasteiger partial charge is 0.234 e. The molecule has 0 saturated heterocycles. The Bertz CT molecular complexity index is 637. The van der Waals surface area contributed by atoms with Crippen molar-refractivity contribution in [3.63, 3.8) is 0 Å². The van der Waals surface area contributed by atoms with Crippen molar-refractivity contribution in [1.82, 2.24) is 0 Å². The number of ether oxygens (including phenoxy) is 1. The van der Waals surface area contributed by atoms with Gasteiger partial charge in [0.25, 0.3) is 0 Å². The van der Waals surface area contributed by atoms with E-state index < -0.39 is 0 Å². The lowest BCUT2D eigenvalue weighted by molar-refractivity contribution is -0.119. The molecule has 3 rings (SSSR count). The van der Waals surface area contributed by atoms with Gasteiger partial charge in [0.2, 0.25) is 5.91 Å². The fraction of sp³-hybridized carbons (Fsp3) is 0.235. The Kier molecular flexibility index (Phi) is 3.18. The summed E-state index contributed by atoms with van der Waals surface area (Å²) in [7, 11) is 3.48. The monoisotopic (exact) mass is 267 g/mol. The molecule has 2 aromatic carbocycles. The minimum absolute atomic E-state index is 0.133. The molecule has 3 nitrogen and oxygen atoms in total. The van der Waals surface area contributed by atoms with E-state index in [1.54, 1.807) is 12.0 Å². The number of anilines is 1. The normalized spacial score (nSPS) is 17.2. The Morgan fingerprint density at radius 2 is 1.85 bits per heavy atom. The first-order valence-corrected chi connectivity index (χ1v) is 6.70. The zero-order valence-electron chi connectivity index (χ0n) is 11.7. The van der Waals surface area contributed by atoms with Gasteiger partial charge in [-0.15, -0.1) is 0 Å². The van der Waals surface area contributed by atoms with Gasteiger partial charge in [0.05, 0.1) is 18.7 Å². The maximum Gasteiger partial charge on any atom is 0.234 e. The van der Waals surface area contributed by atoms with Crippen LogP contribution in [0, 0.1) is 0 Å². The number of benzene rings is 2. The summed E-state index contributed by atoms with van der Waals surface area (Å²) >= 11 is 0. The molecule has 0 spiro atoms. The summed E-state index contributed by atoms with van der Waals surface area (Å²) < 4.78 is 5.44. The van der Waals surface area contributed by atoms with Crippen LogP contribution in [0.25, 0.3) is 0 Å². The van der Waals surface area contributed by atoms with E-state index in [-0.39, 0.29) is 11.8 Å². The lowest BCUT2D eigenvalue weighted by atomic mass is 9.92.